The summed E-state index contributed by atoms with van der Waals surface area (Å²) >= 11 is 0. The zero-order valence-electron chi connectivity index (χ0n) is 10.3. The van der Waals surface area contributed by atoms with Crippen LogP contribution in [0.4, 0.5) is 5.69 Å². The van der Waals surface area contributed by atoms with Crippen molar-refractivity contribution < 1.29 is 8.42 Å². The van der Waals surface area contributed by atoms with Crippen molar-refractivity contribution in [2.45, 2.75) is 25.7 Å². The Morgan fingerprint density at radius 2 is 1.62 bits per heavy atom. The normalized spacial score (nSPS) is 12.1. The Morgan fingerprint density at radius 3 is 2.06 bits per heavy atom. The van der Waals surface area contributed by atoms with Crippen molar-refractivity contribution in [1.29, 1.82) is 0 Å². The molecule has 2 N–H and O–H groups in total. The third kappa shape index (κ3) is 1.92. The van der Waals surface area contributed by atoms with Crippen LogP contribution in [0.15, 0.2) is 11.0 Å². The van der Waals surface area contributed by atoms with E-state index in [4.69, 9.17) is 5.73 Å². The van der Waals surface area contributed by atoms with Crippen molar-refractivity contribution in [3.8, 4) is 0 Å². The Morgan fingerprint density at radius 1 is 1.12 bits per heavy atom. The molecule has 0 aliphatic rings. The number of nitrogens with two attached hydrogens (primary N) is 1. The first kappa shape index (κ1) is 13.0. The summed E-state index contributed by atoms with van der Waals surface area (Å²) in [5.41, 5.74) is 8.60. The van der Waals surface area contributed by atoms with E-state index in [9.17, 15) is 8.42 Å². The maximum absolute atomic E-state index is 12.1. The third-order valence-corrected chi connectivity index (χ3v) is 4.91. The Hall–Kier alpha value is -1.07. The summed E-state index contributed by atoms with van der Waals surface area (Å²) in [7, 11) is -0.389. The molecule has 0 aromatic heterocycles. The highest BCUT2D eigenvalue weighted by molar-refractivity contribution is 7.89. The lowest BCUT2D eigenvalue weighted by atomic mass is 10.1. The fraction of sp³-hybridized carbons (Fsp3) is 0.455. The summed E-state index contributed by atoms with van der Waals surface area (Å²) in [6, 6.07) is 1.80. The van der Waals surface area contributed by atoms with E-state index in [1.54, 1.807) is 19.9 Å². The van der Waals surface area contributed by atoms with Gasteiger partial charge in [-0.15, -0.1) is 0 Å². The second-order valence-electron chi connectivity index (χ2n) is 4.15. The molecule has 0 unspecified atom stereocenters. The number of nitrogen functional groups attached to an aromatic ring is 1. The van der Waals surface area contributed by atoms with Crippen molar-refractivity contribution in [3.05, 3.63) is 22.8 Å². The smallest absolute Gasteiger partial charge is 0.243 e. The average Bonchev–Trinajstić information content (AvgIpc) is 2.14. The van der Waals surface area contributed by atoms with Gasteiger partial charge < -0.3 is 5.73 Å². The van der Waals surface area contributed by atoms with Crippen LogP contribution in [-0.4, -0.2) is 26.8 Å². The number of nitrogens with zero attached hydrogens (tertiary/aromatic N) is 1. The molecule has 0 radical (unpaired) electrons. The number of hydrogen-bond acceptors (Lipinski definition) is 3. The maximum Gasteiger partial charge on any atom is 0.243 e. The highest BCUT2D eigenvalue weighted by Crippen LogP contribution is 2.29. The fourth-order valence-electron chi connectivity index (χ4n) is 1.61. The van der Waals surface area contributed by atoms with Crippen LogP contribution < -0.4 is 5.73 Å². The van der Waals surface area contributed by atoms with E-state index in [1.165, 1.54) is 18.4 Å². The van der Waals surface area contributed by atoms with E-state index in [1.807, 2.05) is 6.92 Å². The summed E-state index contributed by atoms with van der Waals surface area (Å²) in [4.78, 5) is 0.329. The number of benzene rings is 1. The van der Waals surface area contributed by atoms with E-state index in [0.29, 0.717) is 16.1 Å². The molecule has 0 aliphatic heterocycles. The molecule has 1 rings (SSSR count). The van der Waals surface area contributed by atoms with Gasteiger partial charge in [-0.3, -0.25) is 0 Å². The van der Waals surface area contributed by atoms with Crippen molar-refractivity contribution in [2.75, 3.05) is 19.8 Å². The topological polar surface area (TPSA) is 63.4 Å². The van der Waals surface area contributed by atoms with Crippen molar-refractivity contribution in [1.82, 2.24) is 4.31 Å². The molecule has 4 nitrogen and oxygen atoms in total. The third-order valence-electron chi connectivity index (χ3n) is 2.82. The van der Waals surface area contributed by atoms with Gasteiger partial charge in [0.2, 0.25) is 10.0 Å². The van der Waals surface area contributed by atoms with E-state index < -0.39 is 10.0 Å². The van der Waals surface area contributed by atoms with Gasteiger partial charge in [-0.2, -0.15) is 0 Å². The number of sulfonamides is 1. The van der Waals surface area contributed by atoms with Gasteiger partial charge in [-0.25, -0.2) is 12.7 Å². The number of rotatable bonds is 2. The summed E-state index contributed by atoms with van der Waals surface area (Å²) < 4.78 is 25.5. The quantitative estimate of drug-likeness (QED) is 0.798. The van der Waals surface area contributed by atoms with Crippen LogP contribution in [0.25, 0.3) is 0 Å². The minimum absolute atomic E-state index is 0.329. The predicted molar refractivity (Wildman–Crippen MR) is 65.9 cm³/mol. The highest BCUT2D eigenvalue weighted by Gasteiger charge is 2.24. The van der Waals surface area contributed by atoms with Gasteiger partial charge in [-0.1, -0.05) is 0 Å². The summed E-state index contributed by atoms with van der Waals surface area (Å²) in [5, 5.41) is 0. The van der Waals surface area contributed by atoms with E-state index in [0.717, 1.165) is 11.1 Å². The second kappa shape index (κ2) is 4.07. The first-order chi connectivity index (χ1) is 7.19. The van der Waals surface area contributed by atoms with E-state index in [2.05, 4.69) is 0 Å². The molecule has 0 aliphatic carbocycles. The van der Waals surface area contributed by atoms with E-state index >= 15 is 0 Å². The largest absolute Gasteiger partial charge is 0.398 e. The first-order valence-corrected chi connectivity index (χ1v) is 6.42. The van der Waals surface area contributed by atoms with Gasteiger partial charge in [0.15, 0.2) is 0 Å². The second-order valence-corrected chi connectivity index (χ2v) is 6.24. The minimum atomic E-state index is -3.43. The van der Waals surface area contributed by atoms with Gasteiger partial charge in [0.1, 0.15) is 0 Å². The molecule has 16 heavy (non-hydrogen) atoms. The Labute approximate surface area is 97.1 Å². The van der Waals surface area contributed by atoms with Gasteiger partial charge in [0.05, 0.1) is 4.90 Å². The zero-order chi connectivity index (χ0) is 12.7. The van der Waals surface area contributed by atoms with Crippen LogP contribution in [0.5, 0.6) is 0 Å². The monoisotopic (exact) mass is 242 g/mol. The van der Waals surface area contributed by atoms with Crippen LogP contribution in [0.1, 0.15) is 16.7 Å². The molecule has 1 aromatic carbocycles. The lowest BCUT2D eigenvalue weighted by molar-refractivity contribution is 0.519. The summed E-state index contributed by atoms with van der Waals surface area (Å²) in [6.07, 6.45) is 0. The number of aryl methyl sites for hydroxylation is 1. The van der Waals surface area contributed by atoms with Crippen LogP contribution in [0.3, 0.4) is 0 Å². The average molecular weight is 242 g/mol. The van der Waals surface area contributed by atoms with E-state index in [-0.39, 0.29) is 0 Å². The van der Waals surface area contributed by atoms with Crippen LogP contribution in [0.2, 0.25) is 0 Å². The van der Waals surface area contributed by atoms with Crippen molar-refractivity contribution in [2.24, 2.45) is 0 Å². The van der Waals surface area contributed by atoms with Crippen LogP contribution >= 0.6 is 0 Å². The number of hydrogen-bond donors (Lipinski definition) is 1. The summed E-state index contributed by atoms with van der Waals surface area (Å²) in [6.45, 7) is 5.40. The minimum Gasteiger partial charge on any atom is -0.398 e. The molecule has 90 valence electrons. The molecule has 0 spiro atoms. The molecule has 0 saturated heterocycles. The molecule has 0 fully saturated rings. The Balaban J connectivity index is 3.70. The molecule has 0 saturated carbocycles. The molecule has 0 amide bonds. The summed E-state index contributed by atoms with van der Waals surface area (Å²) in [5.74, 6) is 0. The standard InChI is InChI=1S/C11H18N2O2S/c1-7-6-10(12)9(3)11(8(7)2)16(14,15)13(4)5/h6H,12H2,1-5H3. The predicted octanol–water partition coefficient (Wildman–Crippen LogP) is 1.44. The molecule has 1 aromatic rings. The molecule has 5 heteroatoms. The van der Waals surface area contributed by atoms with Gasteiger partial charge in [0, 0.05) is 19.8 Å². The van der Waals surface area contributed by atoms with Gasteiger partial charge >= 0.3 is 0 Å². The van der Waals surface area contributed by atoms with Gasteiger partial charge in [0.25, 0.3) is 0 Å². The lowest BCUT2D eigenvalue weighted by Gasteiger charge is -2.18. The zero-order valence-corrected chi connectivity index (χ0v) is 11.1. The number of anilines is 1. The van der Waals surface area contributed by atoms with Crippen LogP contribution in [0, 0.1) is 20.8 Å². The molecular formula is C11H18N2O2S. The lowest BCUT2D eigenvalue weighted by Crippen LogP contribution is -2.24. The molecule has 0 atom stereocenters. The SMILES string of the molecule is Cc1cc(N)c(C)c(S(=O)(=O)N(C)C)c1C. The van der Waals surface area contributed by atoms with Crippen LogP contribution in [-0.2, 0) is 10.0 Å². The highest BCUT2D eigenvalue weighted by atomic mass is 32.2. The molecular weight excluding hydrogens is 224 g/mol. The molecule has 0 heterocycles. The van der Waals surface area contributed by atoms with Crippen molar-refractivity contribution >= 4 is 15.7 Å². The molecule has 0 bridgehead atoms. The Bertz CT molecular complexity index is 493. The Kier molecular flexibility index (Phi) is 3.30. The first-order valence-electron chi connectivity index (χ1n) is 4.98. The van der Waals surface area contributed by atoms with Crippen molar-refractivity contribution in [3.63, 3.8) is 0 Å². The van der Waals surface area contributed by atoms with Gasteiger partial charge in [-0.05, 0) is 43.5 Å². The maximum atomic E-state index is 12.1. The fourth-order valence-corrected chi connectivity index (χ4v) is 3.03.